The van der Waals surface area contributed by atoms with Crippen LogP contribution in [0.1, 0.15) is 91.4 Å². The summed E-state index contributed by atoms with van der Waals surface area (Å²) in [5, 5.41) is 3.28. The standard InChI is InChI=1S/C35H54N2O5/c1-4-28-22-31-24-30-12-10-11-29(40-30)21-26(2)15-16-27(3)33(42-35(39)25-32(23-28)41-31)13-8-6-5-7-9-14-34(38)37-19-17-36-18-20-37/h4-6,8,13,15-16,26-27,29-33,36H,7,9-12,14,17-25H2,1-3H3. The maximum Gasteiger partial charge on any atom is 0.309 e. The summed E-state index contributed by atoms with van der Waals surface area (Å²) in [5.74, 6) is 0.461. The van der Waals surface area contributed by atoms with Crippen LogP contribution in [-0.4, -0.2) is 73.5 Å². The van der Waals surface area contributed by atoms with Gasteiger partial charge in [-0.2, -0.15) is 0 Å². The molecule has 7 nitrogen and oxygen atoms in total. The van der Waals surface area contributed by atoms with Crippen LogP contribution in [-0.2, 0) is 23.8 Å². The first-order valence-electron chi connectivity index (χ1n) is 16.5. The number of unbranched alkanes of at least 4 members (excludes halogenated alkanes) is 1. The maximum atomic E-state index is 13.2. The van der Waals surface area contributed by atoms with Crippen molar-refractivity contribution in [2.75, 3.05) is 26.2 Å². The van der Waals surface area contributed by atoms with Crippen molar-refractivity contribution in [3.05, 3.63) is 48.1 Å². The number of esters is 1. The summed E-state index contributed by atoms with van der Waals surface area (Å²) < 4.78 is 19.1. The number of nitrogens with one attached hydrogen (secondary N) is 1. The average molecular weight is 583 g/mol. The summed E-state index contributed by atoms with van der Waals surface area (Å²) in [6.07, 6.45) is 24.3. The van der Waals surface area contributed by atoms with Gasteiger partial charge in [0.25, 0.3) is 0 Å². The Morgan fingerprint density at radius 1 is 0.976 bits per heavy atom. The van der Waals surface area contributed by atoms with E-state index in [2.05, 4.69) is 50.4 Å². The van der Waals surface area contributed by atoms with E-state index >= 15 is 0 Å². The van der Waals surface area contributed by atoms with Crippen LogP contribution in [0.15, 0.2) is 48.1 Å². The highest BCUT2D eigenvalue weighted by Gasteiger charge is 2.32. The van der Waals surface area contributed by atoms with E-state index in [0.29, 0.717) is 12.3 Å². The number of carbonyl (C=O) groups is 2. The molecular weight excluding hydrogens is 528 g/mol. The van der Waals surface area contributed by atoms with Gasteiger partial charge in [-0.1, -0.05) is 55.9 Å². The fourth-order valence-corrected chi connectivity index (χ4v) is 6.62. The Balaban J connectivity index is 1.37. The van der Waals surface area contributed by atoms with E-state index in [1.807, 2.05) is 23.1 Å². The lowest BCUT2D eigenvalue weighted by Gasteiger charge is -2.37. The number of fused-ring (bicyclic) bond motifs is 4. The highest BCUT2D eigenvalue weighted by molar-refractivity contribution is 5.76. The number of nitrogens with zero attached hydrogens (tertiary/aromatic N) is 1. The molecule has 0 aliphatic carbocycles. The second kappa shape index (κ2) is 17.2. The fourth-order valence-electron chi connectivity index (χ4n) is 6.62. The molecule has 4 bridgehead atoms. The van der Waals surface area contributed by atoms with E-state index in [9.17, 15) is 9.59 Å². The predicted molar refractivity (Wildman–Crippen MR) is 167 cm³/mol. The molecule has 4 aliphatic heterocycles. The van der Waals surface area contributed by atoms with E-state index in [1.165, 1.54) is 12.0 Å². The van der Waals surface area contributed by atoms with Crippen LogP contribution in [0.5, 0.6) is 0 Å². The normalized spacial score (nSPS) is 34.6. The largest absolute Gasteiger partial charge is 0.457 e. The number of piperazine rings is 1. The quantitative estimate of drug-likeness (QED) is 0.178. The second-order valence-electron chi connectivity index (χ2n) is 12.7. The minimum absolute atomic E-state index is 0.0387. The first-order chi connectivity index (χ1) is 20.4. The SMILES string of the molecule is CC=C1CC2CC(=O)OC(C=CC=CCCCC(=O)N3CCNCC3)C(C)C=CC(C)CC3CCCC(CC(C1)O2)O3. The van der Waals surface area contributed by atoms with Crippen molar-refractivity contribution in [2.45, 2.75) is 122 Å². The molecule has 0 spiro atoms. The highest BCUT2D eigenvalue weighted by Crippen LogP contribution is 2.33. The number of cyclic esters (lactones) is 1. The number of hydrogen-bond donors (Lipinski definition) is 1. The number of carbonyl (C=O) groups excluding carboxylic acids is 2. The van der Waals surface area contributed by atoms with Gasteiger partial charge in [-0.25, -0.2) is 0 Å². The van der Waals surface area contributed by atoms with E-state index in [0.717, 1.165) is 77.5 Å². The molecule has 4 heterocycles. The molecule has 0 aromatic heterocycles. The van der Waals surface area contributed by atoms with Crippen LogP contribution in [0.3, 0.4) is 0 Å². The van der Waals surface area contributed by atoms with Crippen LogP contribution >= 0.6 is 0 Å². The summed E-state index contributed by atoms with van der Waals surface area (Å²) in [7, 11) is 0. The van der Waals surface area contributed by atoms with Gasteiger partial charge in [0.1, 0.15) is 6.10 Å². The highest BCUT2D eigenvalue weighted by atomic mass is 16.5. The summed E-state index contributed by atoms with van der Waals surface area (Å²) in [5.41, 5.74) is 1.36. The van der Waals surface area contributed by atoms with Crippen LogP contribution in [0, 0.1) is 11.8 Å². The minimum atomic E-state index is -0.358. The van der Waals surface area contributed by atoms with Gasteiger partial charge in [-0.05, 0) is 70.3 Å². The number of amides is 1. The predicted octanol–water partition coefficient (Wildman–Crippen LogP) is 6.06. The fraction of sp³-hybridized carbons (Fsp3) is 0.714. The van der Waals surface area contributed by atoms with Gasteiger partial charge in [-0.3, -0.25) is 9.59 Å². The molecule has 1 N–H and O–H groups in total. The zero-order valence-corrected chi connectivity index (χ0v) is 26.2. The van der Waals surface area contributed by atoms with Gasteiger partial charge < -0.3 is 24.4 Å². The summed E-state index contributed by atoms with van der Waals surface area (Å²) in [6, 6.07) is 0. The van der Waals surface area contributed by atoms with Crippen LogP contribution in [0.25, 0.3) is 0 Å². The van der Waals surface area contributed by atoms with Crippen molar-refractivity contribution in [1.29, 1.82) is 0 Å². The third-order valence-electron chi connectivity index (χ3n) is 9.07. The molecule has 3 fully saturated rings. The molecule has 42 heavy (non-hydrogen) atoms. The number of hydrogen-bond acceptors (Lipinski definition) is 6. The first kappa shape index (κ1) is 32.7. The van der Waals surface area contributed by atoms with Crippen molar-refractivity contribution in [1.82, 2.24) is 10.2 Å². The molecular formula is C35H54N2O5. The molecule has 234 valence electrons. The van der Waals surface area contributed by atoms with E-state index in [-0.39, 0.29) is 54.7 Å². The monoisotopic (exact) mass is 582 g/mol. The molecule has 7 unspecified atom stereocenters. The molecule has 0 aromatic carbocycles. The first-order valence-corrected chi connectivity index (χ1v) is 16.5. The summed E-state index contributed by atoms with van der Waals surface area (Å²) in [4.78, 5) is 27.5. The van der Waals surface area contributed by atoms with Crippen molar-refractivity contribution >= 4 is 11.9 Å². The Kier molecular flexibility index (Phi) is 13.4. The molecule has 7 atom stereocenters. The Bertz CT molecular complexity index is 982. The van der Waals surface area contributed by atoms with Gasteiger partial charge in [0.2, 0.25) is 5.91 Å². The summed E-state index contributed by atoms with van der Waals surface area (Å²) in [6.45, 7) is 9.82. The Morgan fingerprint density at radius 2 is 1.71 bits per heavy atom. The molecule has 3 saturated heterocycles. The van der Waals surface area contributed by atoms with Gasteiger partial charge in [0, 0.05) is 44.9 Å². The number of ether oxygens (including phenoxy) is 3. The van der Waals surface area contributed by atoms with E-state index in [4.69, 9.17) is 14.2 Å². The van der Waals surface area contributed by atoms with E-state index < -0.39 is 0 Å². The van der Waals surface area contributed by atoms with Gasteiger partial charge in [-0.15, -0.1) is 0 Å². The molecule has 7 heteroatoms. The van der Waals surface area contributed by atoms with Gasteiger partial charge in [0.05, 0.1) is 30.8 Å². The average Bonchev–Trinajstić information content (AvgIpc) is 2.98. The Morgan fingerprint density at radius 3 is 2.50 bits per heavy atom. The number of rotatable bonds is 6. The Hall–Kier alpha value is -2.22. The minimum Gasteiger partial charge on any atom is -0.457 e. The lowest BCUT2D eigenvalue weighted by atomic mass is 9.90. The van der Waals surface area contributed by atoms with E-state index in [1.54, 1.807) is 0 Å². The van der Waals surface area contributed by atoms with Crippen LogP contribution in [0.4, 0.5) is 0 Å². The second-order valence-corrected chi connectivity index (χ2v) is 12.7. The lowest BCUT2D eigenvalue weighted by molar-refractivity contribution is -0.154. The molecule has 1 amide bonds. The van der Waals surface area contributed by atoms with Crippen molar-refractivity contribution < 1.29 is 23.8 Å². The van der Waals surface area contributed by atoms with Crippen molar-refractivity contribution in [2.24, 2.45) is 11.8 Å². The summed E-state index contributed by atoms with van der Waals surface area (Å²) >= 11 is 0. The smallest absolute Gasteiger partial charge is 0.309 e. The lowest BCUT2D eigenvalue weighted by Crippen LogP contribution is -2.46. The topological polar surface area (TPSA) is 77.1 Å². The van der Waals surface area contributed by atoms with Gasteiger partial charge in [0.15, 0.2) is 0 Å². The zero-order valence-electron chi connectivity index (χ0n) is 26.2. The molecule has 4 rings (SSSR count). The van der Waals surface area contributed by atoms with Crippen LogP contribution in [0.2, 0.25) is 0 Å². The molecule has 0 radical (unpaired) electrons. The molecule has 4 aliphatic rings. The molecule has 0 aromatic rings. The molecule has 0 saturated carbocycles. The third kappa shape index (κ3) is 10.8. The van der Waals surface area contributed by atoms with Gasteiger partial charge >= 0.3 is 5.97 Å². The Labute approximate surface area is 253 Å². The van der Waals surface area contributed by atoms with Crippen LogP contribution < -0.4 is 5.32 Å². The maximum absolute atomic E-state index is 13.2. The van der Waals surface area contributed by atoms with Crippen molar-refractivity contribution in [3.63, 3.8) is 0 Å². The zero-order chi connectivity index (χ0) is 29.7. The third-order valence-corrected chi connectivity index (χ3v) is 9.07. The van der Waals surface area contributed by atoms with Crippen molar-refractivity contribution in [3.8, 4) is 0 Å². The number of allylic oxidation sites excluding steroid dienone is 5.